The average Bonchev–Trinajstić information content (AvgIpc) is 2.40. The van der Waals surface area contributed by atoms with E-state index in [1.807, 2.05) is 0 Å². The molecule has 0 aliphatic carbocycles. The molecule has 0 atom stereocenters. The summed E-state index contributed by atoms with van der Waals surface area (Å²) in [6, 6.07) is 0. The summed E-state index contributed by atoms with van der Waals surface area (Å²) in [6.45, 7) is 4.35. The van der Waals surface area contributed by atoms with Gasteiger partial charge < -0.3 is 0 Å². The molecule has 0 aromatic heterocycles. The number of ketones is 2. The maximum atomic E-state index is 11.6. The van der Waals surface area contributed by atoms with Crippen LogP contribution in [0.1, 0.15) is 97.3 Å². The fourth-order valence-corrected chi connectivity index (χ4v) is 2.23. The Morgan fingerprint density at radius 1 is 0.526 bits per heavy atom. The Kier molecular flexibility index (Phi) is 13.3. The van der Waals surface area contributed by atoms with Gasteiger partial charge in [0.15, 0.2) is 0 Å². The van der Waals surface area contributed by atoms with Gasteiger partial charge in [-0.2, -0.15) is 0 Å². The molecular formula is C17H32O2. The molecular weight excluding hydrogens is 236 g/mol. The van der Waals surface area contributed by atoms with Gasteiger partial charge in [-0.05, 0) is 19.3 Å². The minimum Gasteiger partial charge on any atom is -0.300 e. The molecule has 0 aromatic carbocycles. The second-order valence-electron chi connectivity index (χ2n) is 5.55. The predicted molar refractivity (Wildman–Crippen MR) is 81.4 cm³/mol. The molecule has 2 heteroatoms. The first-order valence-corrected chi connectivity index (χ1v) is 8.24. The quantitative estimate of drug-likeness (QED) is 0.404. The van der Waals surface area contributed by atoms with E-state index in [1.54, 1.807) is 0 Å². The fourth-order valence-electron chi connectivity index (χ4n) is 2.23. The summed E-state index contributed by atoms with van der Waals surface area (Å²) in [5, 5.41) is 0. The van der Waals surface area contributed by atoms with Crippen molar-refractivity contribution in [2.45, 2.75) is 97.3 Å². The lowest BCUT2D eigenvalue weighted by Crippen LogP contribution is -2.02. The zero-order chi connectivity index (χ0) is 14.3. The molecule has 0 aliphatic rings. The Morgan fingerprint density at radius 2 is 0.895 bits per heavy atom. The number of Topliss-reactive ketones (excluding diaryl/α,β-unsaturated/α-hetero) is 2. The summed E-state index contributed by atoms with van der Waals surface area (Å²) >= 11 is 0. The average molecular weight is 268 g/mol. The highest BCUT2D eigenvalue weighted by Gasteiger charge is 2.05. The van der Waals surface area contributed by atoms with Crippen LogP contribution < -0.4 is 0 Å². The smallest absolute Gasteiger partial charge is 0.132 e. The van der Waals surface area contributed by atoms with Crippen molar-refractivity contribution in [1.82, 2.24) is 0 Å². The molecule has 0 bridgehead atoms. The second kappa shape index (κ2) is 13.8. The largest absolute Gasteiger partial charge is 0.300 e. The third-order valence-corrected chi connectivity index (χ3v) is 3.53. The lowest BCUT2D eigenvalue weighted by molar-refractivity contribution is -0.120. The number of unbranched alkanes of at least 4 members (excludes halogenated alkanes) is 6. The van der Waals surface area contributed by atoms with Crippen molar-refractivity contribution in [3.05, 3.63) is 0 Å². The molecule has 0 rings (SSSR count). The monoisotopic (exact) mass is 268 g/mol. The Labute approximate surface area is 119 Å². The molecule has 0 heterocycles. The molecule has 0 saturated heterocycles. The maximum absolute atomic E-state index is 11.6. The van der Waals surface area contributed by atoms with Crippen molar-refractivity contribution in [2.24, 2.45) is 0 Å². The van der Waals surface area contributed by atoms with Gasteiger partial charge in [0, 0.05) is 25.7 Å². The van der Waals surface area contributed by atoms with Gasteiger partial charge in [-0.25, -0.2) is 0 Å². The van der Waals surface area contributed by atoms with E-state index in [-0.39, 0.29) is 0 Å². The molecule has 0 fully saturated rings. The van der Waals surface area contributed by atoms with Crippen molar-refractivity contribution in [2.75, 3.05) is 0 Å². The van der Waals surface area contributed by atoms with Gasteiger partial charge >= 0.3 is 0 Å². The lowest BCUT2D eigenvalue weighted by Gasteiger charge is -2.02. The predicted octanol–water partition coefficient (Wildman–Crippen LogP) is 5.24. The fraction of sp³-hybridized carbons (Fsp3) is 0.882. The molecule has 0 aliphatic heterocycles. The van der Waals surface area contributed by atoms with Gasteiger partial charge in [0.25, 0.3) is 0 Å². The second-order valence-corrected chi connectivity index (χ2v) is 5.55. The van der Waals surface area contributed by atoms with E-state index in [2.05, 4.69) is 13.8 Å². The number of carbonyl (C=O) groups excluding carboxylic acids is 2. The van der Waals surface area contributed by atoms with E-state index in [0.717, 1.165) is 19.3 Å². The van der Waals surface area contributed by atoms with Gasteiger partial charge in [0.05, 0.1) is 0 Å². The maximum Gasteiger partial charge on any atom is 0.132 e. The van der Waals surface area contributed by atoms with Crippen LogP contribution in [-0.2, 0) is 9.59 Å². The highest BCUT2D eigenvalue weighted by Crippen LogP contribution is 2.09. The third-order valence-electron chi connectivity index (χ3n) is 3.53. The van der Waals surface area contributed by atoms with Gasteiger partial charge in [0.2, 0.25) is 0 Å². The van der Waals surface area contributed by atoms with Crippen LogP contribution in [0.4, 0.5) is 0 Å². The van der Waals surface area contributed by atoms with Gasteiger partial charge in [-0.1, -0.05) is 52.4 Å². The van der Waals surface area contributed by atoms with Crippen LogP contribution in [0.2, 0.25) is 0 Å². The van der Waals surface area contributed by atoms with E-state index < -0.39 is 0 Å². The van der Waals surface area contributed by atoms with Crippen LogP contribution in [0.25, 0.3) is 0 Å². The van der Waals surface area contributed by atoms with Crippen molar-refractivity contribution in [3.8, 4) is 0 Å². The van der Waals surface area contributed by atoms with Crippen LogP contribution in [0.5, 0.6) is 0 Å². The normalized spacial score (nSPS) is 10.6. The molecule has 0 N–H and O–H groups in total. The molecule has 2 nitrogen and oxygen atoms in total. The van der Waals surface area contributed by atoms with Gasteiger partial charge in [-0.3, -0.25) is 9.59 Å². The van der Waals surface area contributed by atoms with Gasteiger partial charge in [0.1, 0.15) is 11.6 Å². The number of rotatable bonds is 14. The van der Waals surface area contributed by atoms with Gasteiger partial charge in [-0.15, -0.1) is 0 Å². The highest BCUT2D eigenvalue weighted by molar-refractivity contribution is 5.81. The summed E-state index contributed by atoms with van der Waals surface area (Å²) in [5.74, 6) is 0.685. The van der Waals surface area contributed by atoms with Crippen LogP contribution in [0.15, 0.2) is 0 Å². The molecule has 112 valence electrons. The van der Waals surface area contributed by atoms with E-state index in [4.69, 9.17) is 0 Å². The molecule has 0 radical (unpaired) electrons. The van der Waals surface area contributed by atoms with E-state index in [0.29, 0.717) is 37.2 Å². The Bertz CT molecular complexity index is 209. The topological polar surface area (TPSA) is 34.1 Å². The zero-order valence-corrected chi connectivity index (χ0v) is 13.0. The zero-order valence-electron chi connectivity index (χ0n) is 13.0. The summed E-state index contributed by atoms with van der Waals surface area (Å²) in [7, 11) is 0. The SMILES string of the molecule is CCCCCCC(=O)CCCC(=O)CCCCCC. The highest BCUT2D eigenvalue weighted by atomic mass is 16.1. The summed E-state index contributed by atoms with van der Waals surface area (Å²) in [6.07, 6.45) is 12.6. The van der Waals surface area contributed by atoms with Crippen LogP contribution >= 0.6 is 0 Å². The van der Waals surface area contributed by atoms with Crippen LogP contribution in [0.3, 0.4) is 0 Å². The number of carbonyl (C=O) groups is 2. The standard InChI is InChI=1S/C17H32O2/c1-3-5-7-9-12-16(18)14-11-15-17(19)13-10-8-6-4-2/h3-15H2,1-2H3. The van der Waals surface area contributed by atoms with Crippen LogP contribution in [0, 0.1) is 0 Å². The Morgan fingerprint density at radius 3 is 1.26 bits per heavy atom. The Hall–Kier alpha value is -0.660. The third kappa shape index (κ3) is 13.6. The van der Waals surface area contributed by atoms with Crippen molar-refractivity contribution >= 4 is 11.6 Å². The van der Waals surface area contributed by atoms with Crippen molar-refractivity contribution in [3.63, 3.8) is 0 Å². The molecule has 19 heavy (non-hydrogen) atoms. The molecule has 0 amide bonds. The first-order valence-electron chi connectivity index (χ1n) is 8.24. The summed E-state index contributed by atoms with van der Waals surface area (Å²) in [4.78, 5) is 23.2. The summed E-state index contributed by atoms with van der Waals surface area (Å²) in [5.41, 5.74) is 0. The molecule has 0 unspecified atom stereocenters. The Balaban J connectivity index is 3.35. The lowest BCUT2D eigenvalue weighted by atomic mass is 10.0. The first kappa shape index (κ1) is 18.3. The molecule has 0 spiro atoms. The number of hydrogen-bond donors (Lipinski definition) is 0. The van der Waals surface area contributed by atoms with E-state index in [9.17, 15) is 9.59 Å². The van der Waals surface area contributed by atoms with Crippen LogP contribution in [-0.4, -0.2) is 11.6 Å². The molecule has 0 saturated carbocycles. The molecule has 0 aromatic rings. The first-order chi connectivity index (χ1) is 9.20. The van der Waals surface area contributed by atoms with E-state index in [1.165, 1.54) is 38.5 Å². The van der Waals surface area contributed by atoms with E-state index >= 15 is 0 Å². The minimum absolute atomic E-state index is 0.342. The van der Waals surface area contributed by atoms with Crippen molar-refractivity contribution < 1.29 is 9.59 Å². The van der Waals surface area contributed by atoms with Crippen molar-refractivity contribution in [1.29, 1.82) is 0 Å². The number of hydrogen-bond acceptors (Lipinski definition) is 2. The minimum atomic E-state index is 0.342. The summed E-state index contributed by atoms with van der Waals surface area (Å²) < 4.78 is 0.